The molecule has 0 aliphatic rings. The Kier molecular flexibility index (Phi) is 4.53. The second-order valence-corrected chi connectivity index (χ2v) is 2.42. The minimum absolute atomic E-state index is 0.0199. The quantitative estimate of drug-likeness (QED) is 0.481. The Morgan fingerprint density at radius 2 is 2.18 bits per heavy atom. The third-order valence-corrected chi connectivity index (χ3v) is 1.43. The largest absolute Gasteiger partial charge is 0.480 e. The maximum absolute atomic E-state index is 10.5. The van der Waals surface area contributed by atoms with Crippen LogP contribution in [0.2, 0.25) is 0 Å². The monoisotopic (exact) mass is 157 g/mol. The van der Waals surface area contributed by atoms with Crippen LogP contribution in [0.25, 0.3) is 0 Å². The fraction of sp³-hybridized carbons (Fsp3) is 0.667. The Bertz CT molecular complexity index is 160. The molecule has 0 radical (unpaired) electrons. The van der Waals surface area contributed by atoms with Gasteiger partial charge in [0, 0.05) is 0 Å². The molecule has 0 amide bonds. The number of carboxylic acids is 1. The standard InChI is InChI=1S/C6H12BNO3/c1-8-4(6(10)11)2-3-5(7)9/h4,8H,2-3,7H2,1H3,(H,10,11). The van der Waals surface area contributed by atoms with Crippen LogP contribution in [0.1, 0.15) is 12.8 Å². The van der Waals surface area contributed by atoms with Gasteiger partial charge in [-0.1, -0.05) is 0 Å². The van der Waals surface area contributed by atoms with Crippen molar-refractivity contribution < 1.29 is 14.7 Å². The van der Waals surface area contributed by atoms with Crippen LogP contribution >= 0.6 is 0 Å². The van der Waals surface area contributed by atoms with E-state index in [1.165, 1.54) is 7.85 Å². The second-order valence-electron chi connectivity index (χ2n) is 2.42. The Hall–Kier alpha value is -0.835. The van der Waals surface area contributed by atoms with Crippen LogP contribution in [0.4, 0.5) is 0 Å². The van der Waals surface area contributed by atoms with Crippen LogP contribution in [-0.4, -0.2) is 37.7 Å². The summed E-state index contributed by atoms with van der Waals surface area (Å²) < 4.78 is 0. The number of hydrogen-bond acceptors (Lipinski definition) is 3. The molecule has 0 aromatic carbocycles. The third kappa shape index (κ3) is 4.55. The van der Waals surface area contributed by atoms with Crippen molar-refractivity contribution in [1.29, 1.82) is 0 Å². The molecule has 2 N–H and O–H groups in total. The van der Waals surface area contributed by atoms with Crippen LogP contribution in [-0.2, 0) is 9.59 Å². The van der Waals surface area contributed by atoms with E-state index < -0.39 is 12.0 Å². The third-order valence-electron chi connectivity index (χ3n) is 1.43. The number of carboxylic acid groups (broad SMARTS) is 1. The zero-order valence-corrected chi connectivity index (χ0v) is 6.76. The maximum atomic E-state index is 10.5. The summed E-state index contributed by atoms with van der Waals surface area (Å²) in [6.07, 6.45) is 0.680. The summed E-state index contributed by atoms with van der Waals surface area (Å²) in [5.41, 5.74) is 0.0199. The highest BCUT2D eigenvalue weighted by Gasteiger charge is 2.14. The predicted octanol–water partition coefficient (Wildman–Crippen LogP) is -1.40. The first-order valence-electron chi connectivity index (χ1n) is 3.47. The lowest BCUT2D eigenvalue weighted by Crippen LogP contribution is -2.34. The molecule has 0 saturated carbocycles. The van der Waals surface area contributed by atoms with Gasteiger partial charge in [-0.15, -0.1) is 0 Å². The summed E-state index contributed by atoms with van der Waals surface area (Å²) in [5, 5.41) is 11.1. The molecule has 0 heterocycles. The first-order valence-corrected chi connectivity index (χ1v) is 3.47. The highest BCUT2D eigenvalue weighted by molar-refractivity contribution is 6.57. The normalized spacial score (nSPS) is 12.5. The fourth-order valence-electron chi connectivity index (χ4n) is 0.739. The van der Waals surface area contributed by atoms with Gasteiger partial charge in [0.05, 0.1) is 5.68 Å². The molecule has 0 fully saturated rings. The molecule has 0 aromatic heterocycles. The van der Waals surface area contributed by atoms with E-state index in [9.17, 15) is 9.59 Å². The average molecular weight is 157 g/mol. The van der Waals surface area contributed by atoms with Gasteiger partial charge in [-0.3, -0.25) is 4.79 Å². The molecule has 0 aromatic rings. The number of carbonyl (C=O) groups is 2. The lowest BCUT2D eigenvalue weighted by atomic mass is 9.96. The van der Waals surface area contributed by atoms with Crippen molar-refractivity contribution in [3.8, 4) is 0 Å². The maximum Gasteiger partial charge on any atom is 0.320 e. The van der Waals surface area contributed by atoms with Crippen molar-refractivity contribution in [3.05, 3.63) is 0 Å². The van der Waals surface area contributed by atoms with Crippen molar-refractivity contribution in [2.75, 3.05) is 7.05 Å². The number of hydrogen-bond donors (Lipinski definition) is 2. The molecule has 1 atom stereocenters. The molecule has 0 spiro atoms. The van der Waals surface area contributed by atoms with E-state index in [2.05, 4.69) is 5.32 Å². The SMILES string of the molecule is BC(=O)CCC(NC)C(=O)O. The molecule has 0 rings (SSSR count). The van der Waals surface area contributed by atoms with E-state index in [4.69, 9.17) is 5.11 Å². The van der Waals surface area contributed by atoms with Crippen LogP contribution in [0, 0.1) is 0 Å². The van der Waals surface area contributed by atoms with Gasteiger partial charge in [0.2, 0.25) is 0 Å². The Balaban J connectivity index is 3.70. The number of carbonyl (C=O) groups excluding carboxylic acids is 1. The molecule has 0 bridgehead atoms. The predicted molar refractivity (Wildman–Crippen MR) is 43.3 cm³/mol. The van der Waals surface area contributed by atoms with E-state index >= 15 is 0 Å². The molecule has 4 nitrogen and oxygen atoms in total. The molecule has 11 heavy (non-hydrogen) atoms. The van der Waals surface area contributed by atoms with Crippen molar-refractivity contribution in [1.82, 2.24) is 5.32 Å². The smallest absolute Gasteiger partial charge is 0.320 e. The minimum atomic E-state index is -0.909. The van der Waals surface area contributed by atoms with Gasteiger partial charge in [-0.05, 0) is 19.9 Å². The van der Waals surface area contributed by atoms with Gasteiger partial charge >= 0.3 is 5.97 Å². The van der Waals surface area contributed by atoms with Crippen molar-refractivity contribution in [2.24, 2.45) is 0 Å². The molecule has 0 aliphatic carbocycles. The summed E-state index contributed by atoms with van der Waals surface area (Å²) in [4.78, 5) is 20.8. The number of nitrogens with one attached hydrogen (secondary N) is 1. The molecule has 62 valence electrons. The fourth-order valence-corrected chi connectivity index (χ4v) is 0.739. The zero-order valence-electron chi connectivity index (χ0n) is 6.76. The van der Waals surface area contributed by atoms with Gasteiger partial charge in [-0.25, -0.2) is 0 Å². The molecular weight excluding hydrogens is 145 g/mol. The van der Waals surface area contributed by atoms with E-state index in [1.807, 2.05) is 0 Å². The topological polar surface area (TPSA) is 66.4 Å². The zero-order chi connectivity index (χ0) is 8.85. The summed E-state index contributed by atoms with van der Waals surface area (Å²) >= 11 is 0. The first-order chi connectivity index (χ1) is 5.07. The molecule has 1 unspecified atom stereocenters. The highest BCUT2D eigenvalue weighted by Crippen LogP contribution is 1.96. The molecule has 0 saturated heterocycles. The highest BCUT2D eigenvalue weighted by atomic mass is 16.4. The molecule has 5 heteroatoms. The van der Waals surface area contributed by atoms with Crippen molar-refractivity contribution in [3.63, 3.8) is 0 Å². The van der Waals surface area contributed by atoms with Crippen LogP contribution in [0.3, 0.4) is 0 Å². The van der Waals surface area contributed by atoms with Crippen molar-refractivity contribution in [2.45, 2.75) is 18.9 Å². The van der Waals surface area contributed by atoms with Crippen LogP contribution in [0.15, 0.2) is 0 Å². The Labute approximate surface area is 66.4 Å². The molecular formula is C6H12BNO3. The molecule has 0 aliphatic heterocycles. The summed E-state index contributed by atoms with van der Waals surface area (Å²) in [6, 6.07) is -0.598. The van der Waals surface area contributed by atoms with E-state index in [-0.39, 0.29) is 5.68 Å². The van der Waals surface area contributed by atoms with Gasteiger partial charge in [0.25, 0.3) is 0 Å². The van der Waals surface area contributed by atoms with E-state index in [0.717, 1.165) is 0 Å². The minimum Gasteiger partial charge on any atom is -0.480 e. The van der Waals surface area contributed by atoms with E-state index in [1.54, 1.807) is 7.05 Å². The van der Waals surface area contributed by atoms with Crippen LogP contribution < -0.4 is 5.32 Å². The lowest BCUT2D eigenvalue weighted by molar-refractivity contribution is -0.139. The number of rotatable bonds is 5. The second kappa shape index (κ2) is 4.90. The summed E-state index contributed by atoms with van der Waals surface area (Å²) in [6.45, 7) is 0. The number of likely N-dealkylation sites (N-methyl/N-ethyl adjacent to an activating group) is 1. The van der Waals surface area contributed by atoms with Gasteiger partial charge in [0.15, 0.2) is 7.85 Å². The van der Waals surface area contributed by atoms with Crippen molar-refractivity contribution >= 4 is 19.5 Å². The lowest BCUT2D eigenvalue weighted by Gasteiger charge is -2.08. The Morgan fingerprint density at radius 1 is 1.64 bits per heavy atom. The summed E-state index contributed by atoms with van der Waals surface area (Å²) in [7, 11) is 3.02. The average Bonchev–Trinajstić information content (AvgIpc) is 1.87. The van der Waals surface area contributed by atoms with Crippen LogP contribution in [0.5, 0.6) is 0 Å². The van der Waals surface area contributed by atoms with Gasteiger partial charge < -0.3 is 15.2 Å². The van der Waals surface area contributed by atoms with E-state index in [0.29, 0.717) is 12.8 Å². The van der Waals surface area contributed by atoms with Gasteiger partial charge in [-0.2, -0.15) is 0 Å². The number of aliphatic carboxylic acids is 1. The summed E-state index contributed by atoms with van der Waals surface area (Å²) in [5.74, 6) is -0.909. The van der Waals surface area contributed by atoms with Gasteiger partial charge in [0.1, 0.15) is 6.04 Å². The Morgan fingerprint density at radius 3 is 2.45 bits per heavy atom. The first kappa shape index (κ1) is 10.2.